The number of rotatable bonds is 3. The fourth-order valence-corrected chi connectivity index (χ4v) is 3.66. The van der Waals surface area contributed by atoms with Crippen LogP contribution in [0.5, 0.6) is 0 Å². The minimum absolute atomic E-state index is 0.628. The van der Waals surface area contributed by atoms with Crippen molar-refractivity contribution in [2.75, 3.05) is 31.1 Å². The lowest BCUT2D eigenvalue weighted by Gasteiger charge is -2.36. The Hall–Kier alpha value is -2.10. The molecule has 1 aliphatic heterocycles. The average Bonchev–Trinajstić information content (AvgIpc) is 2.64. The second kappa shape index (κ2) is 7.03. The third-order valence-corrected chi connectivity index (χ3v) is 5.21. The SMILES string of the molecule is Cc1ccc2cc(CN3CCN(c4ccccc4)CC3)c(Cl)nc2c1. The van der Waals surface area contributed by atoms with Crippen molar-refractivity contribution in [1.29, 1.82) is 0 Å². The Morgan fingerprint density at radius 3 is 2.48 bits per heavy atom. The predicted octanol–water partition coefficient (Wildman–Crippen LogP) is 4.52. The number of aromatic nitrogens is 1. The topological polar surface area (TPSA) is 19.4 Å². The Balaban J connectivity index is 1.45. The largest absolute Gasteiger partial charge is 0.369 e. The smallest absolute Gasteiger partial charge is 0.134 e. The zero-order chi connectivity index (χ0) is 17.2. The zero-order valence-electron chi connectivity index (χ0n) is 14.5. The first-order chi connectivity index (χ1) is 12.2. The molecule has 0 spiro atoms. The number of anilines is 1. The monoisotopic (exact) mass is 351 g/mol. The van der Waals surface area contributed by atoms with Gasteiger partial charge in [-0.15, -0.1) is 0 Å². The van der Waals surface area contributed by atoms with E-state index in [0.717, 1.165) is 49.2 Å². The van der Waals surface area contributed by atoms with Gasteiger partial charge in [0.25, 0.3) is 0 Å². The van der Waals surface area contributed by atoms with Gasteiger partial charge < -0.3 is 4.90 Å². The molecule has 0 atom stereocenters. The van der Waals surface area contributed by atoms with Crippen LogP contribution in [0, 0.1) is 6.92 Å². The summed E-state index contributed by atoms with van der Waals surface area (Å²) in [6.45, 7) is 7.10. The van der Waals surface area contributed by atoms with Crippen LogP contribution in [0.4, 0.5) is 5.69 Å². The highest BCUT2D eigenvalue weighted by molar-refractivity contribution is 6.30. The van der Waals surface area contributed by atoms with Gasteiger partial charge >= 0.3 is 0 Å². The first kappa shape index (κ1) is 16.4. The minimum Gasteiger partial charge on any atom is -0.369 e. The Labute approximate surface area is 153 Å². The van der Waals surface area contributed by atoms with E-state index in [1.165, 1.54) is 11.3 Å². The van der Waals surface area contributed by atoms with Crippen molar-refractivity contribution in [3.63, 3.8) is 0 Å². The van der Waals surface area contributed by atoms with Gasteiger partial charge in [0, 0.05) is 49.4 Å². The number of nitrogens with zero attached hydrogens (tertiary/aromatic N) is 3. The Morgan fingerprint density at radius 1 is 0.960 bits per heavy atom. The van der Waals surface area contributed by atoms with Gasteiger partial charge in [0.1, 0.15) is 5.15 Å². The molecule has 1 fully saturated rings. The maximum atomic E-state index is 6.45. The van der Waals surface area contributed by atoms with Gasteiger partial charge in [-0.1, -0.05) is 41.9 Å². The summed E-state index contributed by atoms with van der Waals surface area (Å²) in [7, 11) is 0. The number of benzene rings is 2. The highest BCUT2D eigenvalue weighted by Gasteiger charge is 2.18. The molecule has 3 aromatic rings. The van der Waals surface area contributed by atoms with Crippen LogP contribution in [0.25, 0.3) is 10.9 Å². The molecule has 3 nitrogen and oxygen atoms in total. The Bertz CT molecular complexity index is 871. The normalized spacial score (nSPS) is 15.7. The molecule has 4 rings (SSSR count). The molecule has 0 amide bonds. The molecule has 1 aromatic heterocycles. The third kappa shape index (κ3) is 3.63. The number of piperazine rings is 1. The van der Waals surface area contributed by atoms with E-state index >= 15 is 0 Å². The molecule has 25 heavy (non-hydrogen) atoms. The van der Waals surface area contributed by atoms with Gasteiger partial charge in [-0.05, 0) is 36.8 Å². The first-order valence-corrected chi connectivity index (χ1v) is 9.15. The maximum Gasteiger partial charge on any atom is 0.134 e. The number of pyridine rings is 1. The molecule has 0 N–H and O–H groups in total. The lowest BCUT2D eigenvalue weighted by atomic mass is 10.1. The second-order valence-electron chi connectivity index (χ2n) is 6.73. The number of hydrogen-bond donors (Lipinski definition) is 0. The molecule has 4 heteroatoms. The van der Waals surface area contributed by atoms with Gasteiger partial charge in [0.15, 0.2) is 0 Å². The summed E-state index contributed by atoms with van der Waals surface area (Å²) in [5.74, 6) is 0. The fourth-order valence-electron chi connectivity index (χ4n) is 3.45. The van der Waals surface area contributed by atoms with E-state index in [1.807, 2.05) is 0 Å². The second-order valence-corrected chi connectivity index (χ2v) is 7.09. The summed E-state index contributed by atoms with van der Waals surface area (Å²) in [5, 5.41) is 1.79. The summed E-state index contributed by atoms with van der Waals surface area (Å²) in [6.07, 6.45) is 0. The fraction of sp³-hybridized carbons (Fsp3) is 0.286. The van der Waals surface area contributed by atoms with E-state index in [9.17, 15) is 0 Å². The van der Waals surface area contributed by atoms with Gasteiger partial charge in [0.05, 0.1) is 5.52 Å². The summed E-state index contributed by atoms with van der Waals surface area (Å²) in [5.41, 5.74) is 4.61. The van der Waals surface area contributed by atoms with Gasteiger partial charge in [0.2, 0.25) is 0 Å². The van der Waals surface area contributed by atoms with Crippen LogP contribution in [-0.2, 0) is 6.54 Å². The standard InChI is InChI=1S/C21H22ClN3/c1-16-7-8-17-14-18(21(22)23-20(17)13-16)15-24-9-11-25(12-10-24)19-5-3-2-4-6-19/h2-8,13-14H,9-12,15H2,1H3. The third-order valence-electron chi connectivity index (χ3n) is 4.89. The van der Waals surface area contributed by atoms with Crippen LogP contribution in [0.1, 0.15) is 11.1 Å². The molecule has 2 aromatic carbocycles. The van der Waals surface area contributed by atoms with Crippen molar-refractivity contribution >= 4 is 28.2 Å². The number of hydrogen-bond acceptors (Lipinski definition) is 3. The number of para-hydroxylation sites is 1. The first-order valence-electron chi connectivity index (χ1n) is 8.77. The molecule has 0 radical (unpaired) electrons. The maximum absolute atomic E-state index is 6.45. The number of fused-ring (bicyclic) bond motifs is 1. The molecule has 0 bridgehead atoms. The molecule has 1 aliphatic rings. The van der Waals surface area contributed by atoms with Crippen molar-refractivity contribution in [1.82, 2.24) is 9.88 Å². The van der Waals surface area contributed by atoms with E-state index < -0.39 is 0 Å². The lowest BCUT2D eigenvalue weighted by molar-refractivity contribution is 0.250. The average molecular weight is 352 g/mol. The highest BCUT2D eigenvalue weighted by atomic mass is 35.5. The molecule has 0 unspecified atom stereocenters. The molecular formula is C21H22ClN3. The van der Waals surface area contributed by atoms with Gasteiger partial charge in [-0.3, -0.25) is 4.90 Å². The summed E-state index contributed by atoms with van der Waals surface area (Å²) >= 11 is 6.45. The Morgan fingerprint density at radius 2 is 1.72 bits per heavy atom. The van der Waals surface area contributed by atoms with Crippen molar-refractivity contribution < 1.29 is 0 Å². The van der Waals surface area contributed by atoms with Crippen LogP contribution in [0.15, 0.2) is 54.6 Å². The summed E-state index contributed by atoms with van der Waals surface area (Å²) in [6, 6.07) is 19.2. The summed E-state index contributed by atoms with van der Waals surface area (Å²) in [4.78, 5) is 9.50. The minimum atomic E-state index is 0.628. The van der Waals surface area contributed by atoms with Crippen molar-refractivity contribution in [3.05, 3.63) is 70.9 Å². The van der Waals surface area contributed by atoms with Crippen LogP contribution in [0.3, 0.4) is 0 Å². The van der Waals surface area contributed by atoms with Crippen molar-refractivity contribution in [3.8, 4) is 0 Å². The molecular weight excluding hydrogens is 330 g/mol. The molecule has 1 saturated heterocycles. The van der Waals surface area contributed by atoms with Gasteiger partial charge in [-0.2, -0.15) is 0 Å². The predicted molar refractivity (Wildman–Crippen MR) is 105 cm³/mol. The van der Waals surface area contributed by atoms with E-state index in [2.05, 4.69) is 76.3 Å². The Kier molecular flexibility index (Phi) is 4.60. The van der Waals surface area contributed by atoms with Crippen LogP contribution in [-0.4, -0.2) is 36.1 Å². The van der Waals surface area contributed by atoms with E-state index in [1.54, 1.807) is 0 Å². The van der Waals surface area contributed by atoms with E-state index in [0.29, 0.717) is 5.15 Å². The van der Waals surface area contributed by atoms with E-state index in [-0.39, 0.29) is 0 Å². The molecule has 0 saturated carbocycles. The van der Waals surface area contributed by atoms with Crippen molar-refractivity contribution in [2.24, 2.45) is 0 Å². The zero-order valence-corrected chi connectivity index (χ0v) is 15.2. The van der Waals surface area contributed by atoms with Crippen LogP contribution < -0.4 is 4.90 Å². The summed E-state index contributed by atoms with van der Waals surface area (Å²) < 4.78 is 0. The number of halogens is 1. The van der Waals surface area contributed by atoms with Crippen LogP contribution in [0.2, 0.25) is 5.15 Å². The quantitative estimate of drug-likeness (QED) is 0.647. The van der Waals surface area contributed by atoms with Crippen molar-refractivity contribution in [2.45, 2.75) is 13.5 Å². The molecule has 128 valence electrons. The lowest BCUT2D eigenvalue weighted by Crippen LogP contribution is -2.46. The number of aryl methyl sites for hydroxylation is 1. The van der Waals surface area contributed by atoms with E-state index in [4.69, 9.17) is 11.6 Å². The highest BCUT2D eigenvalue weighted by Crippen LogP contribution is 2.24. The van der Waals surface area contributed by atoms with Gasteiger partial charge in [-0.25, -0.2) is 4.98 Å². The molecule has 2 heterocycles. The van der Waals surface area contributed by atoms with Crippen LogP contribution >= 0.6 is 11.6 Å². The molecule has 0 aliphatic carbocycles.